The Bertz CT molecular complexity index is 427. The number of carbonyl (C=O) groups is 1. The largest absolute Gasteiger partial charge is 0.508 e. The average Bonchev–Trinajstić information content (AvgIpc) is 2.26. The molecule has 0 atom stereocenters. The molecule has 1 aromatic rings. The molecule has 0 saturated heterocycles. The predicted octanol–water partition coefficient (Wildman–Crippen LogP) is 2.25. The summed E-state index contributed by atoms with van der Waals surface area (Å²) in [7, 11) is 0. The Kier molecular flexibility index (Phi) is 4.73. The van der Waals surface area contributed by atoms with Gasteiger partial charge in [0, 0.05) is 18.7 Å². The molecular weight excluding hydrogens is 230 g/mol. The smallest absolute Gasteiger partial charge is 0.251 e. The van der Waals surface area contributed by atoms with Crippen LogP contribution in [0, 0.1) is 6.92 Å². The van der Waals surface area contributed by atoms with Gasteiger partial charge in [-0.05, 0) is 51.5 Å². The molecule has 0 heterocycles. The van der Waals surface area contributed by atoms with E-state index in [1.165, 1.54) is 6.07 Å². The summed E-state index contributed by atoms with van der Waals surface area (Å²) in [6.07, 6.45) is 0. The zero-order chi connectivity index (χ0) is 13.8. The molecule has 1 aromatic carbocycles. The third kappa shape index (κ3) is 4.04. The summed E-state index contributed by atoms with van der Waals surface area (Å²) in [6, 6.07) is 4.70. The third-order valence-electron chi connectivity index (χ3n) is 2.66. The number of hydrogen-bond acceptors (Lipinski definition) is 3. The van der Waals surface area contributed by atoms with Crippen molar-refractivity contribution < 1.29 is 14.6 Å². The summed E-state index contributed by atoms with van der Waals surface area (Å²) in [5, 5.41) is 12.1. The average molecular weight is 251 g/mol. The van der Waals surface area contributed by atoms with Gasteiger partial charge in [0.05, 0.1) is 5.60 Å². The summed E-state index contributed by atoms with van der Waals surface area (Å²) >= 11 is 0. The minimum absolute atomic E-state index is 0.153. The van der Waals surface area contributed by atoms with E-state index in [0.29, 0.717) is 18.7 Å². The van der Waals surface area contributed by atoms with Crippen molar-refractivity contribution in [2.45, 2.75) is 33.3 Å². The van der Waals surface area contributed by atoms with Crippen molar-refractivity contribution in [2.75, 3.05) is 13.2 Å². The van der Waals surface area contributed by atoms with Crippen LogP contribution in [-0.4, -0.2) is 29.8 Å². The van der Waals surface area contributed by atoms with Crippen LogP contribution < -0.4 is 5.32 Å². The molecule has 0 aromatic heterocycles. The summed E-state index contributed by atoms with van der Waals surface area (Å²) < 4.78 is 5.51. The van der Waals surface area contributed by atoms with E-state index in [0.717, 1.165) is 5.56 Å². The minimum atomic E-state index is -0.380. The number of benzene rings is 1. The van der Waals surface area contributed by atoms with Gasteiger partial charge < -0.3 is 15.2 Å². The first-order valence-corrected chi connectivity index (χ1v) is 6.07. The van der Waals surface area contributed by atoms with Gasteiger partial charge in [0.1, 0.15) is 5.75 Å². The quantitative estimate of drug-likeness (QED) is 0.843. The zero-order valence-electron chi connectivity index (χ0n) is 11.4. The van der Waals surface area contributed by atoms with Gasteiger partial charge in [-0.15, -0.1) is 0 Å². The lowest BCUT2D eigenvalue weighted by Crippen LogP contribution is -2.40. The fraction of sp³-hybridized carbons (Fsp3) is 0.500. The van der Waals surface area contributed by atoms with E-state index in [1.807, 2.05) is 20.8 Å². The van der Waals surface area contributed by atoms with E-state index in [9.17, 15) is 9.90 Å². The van der Waals surface area contributed by atoms with Gasteiger partial charge >= 0.3 is 0 Å². The SMILES string of the molecule is CCOC(C)(C)CNC(=O)c1ccc(O)cc1C. The summed E-state index contributed by atoms with van der Waals surface area (Å²) in [5.41, 5.74) is 0.941. The van der Waals surface area contributed by atoms with Crippen LogP contribution in [-0.2, 0) is 4.74 Å². The maximum atomic E-state index is 12.0. The van der Waals surface area contributed by atoms with Crippen LogP contribution in [0.1, 0.15) is 36.7 Å². The Morgan fingerprint density at radius 2 is 2.11 bits per heavy atom. The highest BCUT2D eigenvalue weighted by Gasteiger charge is 2.19. The highest BCUT2D eigenvalue weighted by Crippen LogP contribution is 2.16. The number of nitrogens with one attached hydrogen (secondary N) is 1. The maximum absolute atomic E-state index is 12.0. The van der Waals surface area contributed by atoms with E-state index in [-0.39, 0.29) is 17.3 Å². The second kappa shape index (κ2) is 5.87. The van der Waals surface area contributed by atoms with Gasteiger partial charge in [0.15, 0.2) is 0 Å². The molecule has 0 spiro atoms. The molecule has 0 saturated carbocycles. The minimum Gasteiger partial charge on any atom is -0.508 e. The number of aryl methyl sites for hydroxylation is 1. The normalized spacial score (nSPS) is 11.3. The van der Waals surface area contributed by atoms with Crippen molar-refractivity contribution in [1.82, 2.24) is 5.32 Å². The molecule has 0 aliphatic heterocycles. The van der Waals surface area contributed by atoms with Crippen molar-refractivity contribution in [3.63, 3.8) is 0 Å². The second-order valence-electron chi connectivity index (χ2n) is 4.87. The van der Waals surface area contributed by atoms with Gasteiger partial charge in [-0.2, -0.15) is 0 Å². The molecule has 4 nitrogen and oxygen atoms in total. The first-order chi connectivity index (χ1) is 8.35. The van der Waals surface area contributed by atoms with Crippen LogP contribution in [0.25, 0.3) is 0 Å². The van der Waals surface area contributed by atoms with E-state index < -0.39 is 0 Å². The van der Waals surface area contributed by atoms with Crippen LogP contribution >= 0.6 is 0 Å². The molecule has 0 fully saturated rings. The number of phenolic OH excluding ortho intramolecular Hbond substituents is 1. The van der Waals surface area contributed by atoms with Crippen molar-refractivity contribution in [2.24, 2.45) is 0 Å². The fourth-order valence-electron chi connectivity index (χ4n) is 1.73. The predicted molar refractivity (Wildman–Crippen MR) is 70.9 cm³/mol. The molecule has 0 aliphatic carbocycles. The highest BCUT2D eigenvalue weighted by molar-refractivity contribution is 5.95. The number of aromatic hydroxyl groups is 1. The second-order valence-corrected chi connectivity index (χ2v) is 4.87. The first-order valence-electron chi connectivity index (χ1n) is 6.07. The Labute approximate surface area is 108 Å². The molecule has 1 amide bonds. The maximum Gasteiger partial charge on any atom is 0.251 e. The van der Waals surface area contributed by atoms with E-state index >= 15 is 0 Å². The Morgan fingerprint density at radius 3 is 2.67 bits per heavy atom. The molecular formula is C14H21NO3. The number of ether oxygens (including phenoxy) is 1. The lowest BCUT2D eigenvalue weighted by atomic mass is 10.1. The van der Waals surface area contributed by atoms with E-state index in [4.69, 9.17) is 4.74 Å². The van der Waals surface area contributed by atoms with Crippen molar-refractivity contribution >= 4 is 5.91 Å². The molecule has 0 unspecified atom stereocenters. The summed E-state index contributed by atoms with van der Waals surface area (Å²) in [5.74, 6) is 0.0129. The van der Waals surface area contributed by atoms with Crippen LogP contribution in [0.2, 0.25) is 0 Å². The van der Waals surface area contributed by atoms with Crippen molar-refractivity contribution in [3.8, 4) is 5.75 Å². The van der Waals surface area contributed by atoms with E-state index in [1.54, 1.807) is 19.1 Å². The lowest BCUT2D eigenvalue weighted by molar-refractivity contribution is -0.00816. The molecule has 100 valence electrons. The fourth-order valence-corrected chi connectivity index (χ4v) is 1.73. The topological polar surface area (TPSA) is 58.6 Å². The molecule has 0 bridgehead atoms. The first kappa shape index (κ1) is 14.5. The molecule has 18 heavy (non-hydrogen) atoms. The van der Waals surface area contributed by atoms with Gasteiger partial charge in [-0.1, -0.05) is 0 Å². The van der Waals surface area contributed by atoms with Crippen LogP contribution in [0.3, 0.4) is 0 Å². The Hall–Kier alpha value is -1.55. The molecule has 0 radical (unpaired) electrons. The number of hydrogen-bond donors (Lipinski definition) is 2. The Balaban J connectivity index is 2.66. The molecule has 1 rings (SSSR count). The summed E-state index contributed by atoms with van der Waals surface area (Å²) in [6.45, 7) is 8.64. The van der Waals surface area contributed by atoms with Crippen LogP contribution in [0.5, 0.6) is 5.75 Å². The van der Waals surface area contributed by atoms with Gasteiger partial charge in [0.25, 0.3) is 5.91 Å². The van der Waals surface area contributed by atoms with Gasteiger partial charge in [-0.25, -0.2) is 0 Å². The summed E-state index contributed by atoms with van der Waals surface area (Å²) in [4.78, 5) is 12.0. The number of rotatable bonds is 5. The monoisotopic (exact) mass is 251 g/mol. The molecule has 0 aliphatic rings. The van der Waals surface area contributed by atoms with E-state index in [2.05, 4.69) is 5.32 Å². The van der Waals surface area contributed by atoms with Crippen molar-refractivity contribution in [3.05, 3.63) is 29.3 Å². The number of amides is 1. The van der Waals surface area contributed by atoms with Crippen LogP contribution in [0.4, 0.5) is 0 Å². The highest BCUT2D eigenvalue weighted by atomic mass is 16.5. The van der Waals surface area contributed by atoms with Crippen molar-refractivity contribution in [1.29, 1.82) is 0 Å². The molecule has 2 N–H and O–H groups in total. The van der Waals surface area contributed by atoms with Gasteiger partial charge in [0.2, 0.25) is 0 Å². The number of carbonyl (C=O) groups excluding carboxylic acids is 1. The van der Waals surface area contributed by atoms with Crippen LogP contribution in [0.15, 0.2) is 18.2 Å². The molecule has 4 heteroatoms. The number of phenols is 1. The lowest BCUT2D eigenvalue weighted by Gasteiger charge is -2.25. The van der Waals surface area contributed by atoms with Gasteiger partial charge in [-0.3, -0.25) is 4.79 Å². The zero-order valence-corrected chi connectivity index (χ0v) is 11.4. The standard InChI is InChI=1S/C14H21NO3/c1-5-18-14(3,4)9-15-13(17)12-7-6-11(16)8-10(12)2/h6-8,16H,5,9H2,1-4H3,(H,15,17). The Morgan fingerprint density at radius 1 is 1.44 bits per heavy atom. The third-order valence-corrected chi connectivity index (χ3v) is 2.66.